The molecule has 2 rings (SSSR count). The lowest BCUT2D eigenvalue weighted by molar-refractivity contribution is -0.896. The Labute approximate surface area is 201 Å². The summed E-state index contributed by atoms with van der Waals surface area (Å²) in [5, 5.41) is 0. The number of ether oxygens (including phenoxy) is 2. The van der Waals surface area contributed by atoms with E-state index in [1.807, 2.05) is 30.3 Å². The third-order valence-corrected chi connectivity index (χ3v) is 5.83. The van der Waals surface area contributed by atoms with Crippen molar-refractivity contribution in [2.75, 3.05) is 20.6 Å². The summed E-state index contributed by atoms with van der Waals surface area (Å²) in [6, 6.07) is 18.4. The van der Waals surface area contributed by atoms with Gasteiger partial charge in [0.1, 0.15) is 12.3 Å². The largest absolute Gasteiger partial charge is 0.454 e. The number of carbonyl (C=O) groups is 1. The van der Waals surface area contributed by atoms with Crippen LogP contribution >= 0.6 is 0 Å². The zero-order valence-corrected chi connectivity index (χ0v) is 21.2. The van der Waals surface area contributed by atoms with Gasteiger partial charge in [-0.3, -0.25) is 0 Å². The lowest BCUT2D eigenvalue weighted by Gasteiger charge is -2.29. The molecule has 0 N–H and O–H groups in total. The highest BCUT2D eigenvalue weighted by Crippen LogP contribution is 2.24. The van der Waals surface area contributed by atoms with Crippen LogP contribution in [0.5, 0.6) is 5.75 Å². The van der Waals surface area contributed by atoms with Crippen LogP contribution in [-0.4, -0.2) is 37.4 Å². The Bertz CT molecular complexity index is 804. The van der Waals surface area contributed by atoms with Crippen molar-refractivity contribution in [3.8, 4) is 5.75 Å². The van der Waals surface area contributed by atoms with Crippen molar-refractivity contribution >= 4 is 5.97 Å². The van der Waals surface area contributed by atoms with E-state index in [0.29, 0.717) is 17.4 Å². The molecule has 2 aromatic carbocycles. The van der Waals surface area contributed by atoms with Gasteiger partial charge in [0.05, 0.1) is 14.1 Å². The lowest BCUT2D eigenvalue weighted by atomic mass is 10.0. The van der Waals surface area contributed by atoms with Gasteiger partial charge in [0, 0.05) is 12.0 Å². The minimum absolute atomic E-state index is 0.220. The Morgan fingerprint density at radius 2 is 1.52 bits per heavy atom. The van der Waals surface area contributed by atoms with Crippen LogP contribution in [0.1, 0.15) is 76.3 Å². The van der Waals surface area contributed by atoms with Crippen LogP contribution in [0.25, 0.3) is 0 Å². The molecule has 0 spiro atoms. The van der Waals surface area contributed by atoms with E-state index in [1.165, 1.54) is 43.2 Å². The quantitative estimate of drug-likeness (QED) is 0.120. The average molecular weight is 455 g/mol. The maximum Gasteiger partial charge on any atom is 0.364 e. The number of esters is 1. The molecule has 0 bridgehead atoms. The molecule has 182 valence electrons. The predicted octanol–water partition coefficient (Wildman–Crippen LogP) is 6.91. The summed E-state index contributed by atoms with van der Waals surface area (Å²) < 4.78 is 12.6. The number of carbonyl (C=O) groups excluding carboxylic acids is 1. The highest BCUT2D eigenvalue weighted by atomic mass is 16.7. The minimum atomic E-state index is -0.551. The van der Waals surface area contributed by atoms with Crippen molar-refractivity contribution < 1.29 is 18.8 Å². The molecule has 4 heteroatoms. The maximum absolute atomic E-state index is 12.8. The SMILES string of the molecule is CCCCCCCCc1ccccc1OC(CCC)OC(=O)C[N+](C)(C)Cc1ccccc1. The Morgan fingerprint density at radius 3 is 2.24 bits per heavy atom. The average Bonchev–Trinajstić information content (AvgIpc) is 2.77. The number of rotatable bonds is 16. The van der Waals surface area contributed by atoms with Crippen LogP contribution in [0.2, 0.25) is 0 Å². The summed E-state index contributed by atoms with van der Waals surface area (Å²) >= 11 is 0. The molecule has 0 aliphatic rings. The van der Waals surface area contributed by atoms with Gasteiger partial charge in [0.15, 0.2) is 6.54 Å². The van der Waals surface area contributed by atoms with E-state index in [0.717, 1.165) is 31.6 Å². The monoisotopic (exact) mass is 454 g/mol. The second-order valence-electron chi connectivity index (χ2n) is 9.69. The van der Waals surface area contributed by atoms with Gasteiger partial charge in [-0.05, 0) is 30.9 Å². The Balaban J connectivity index is 1.91. The van der Waals surface area contributed by atoms with Crippen molar-refractivity contribution in [1.29, 1.82) is 0 Å². The first-order valence-electron chi connectivity index (χ1n) is 12.7. The van der Waals surface area contributed by atoms with Gasteiger partial charge in [0.2, 0.25) is 6.29 Å². The normalized spacial score (nSPS) is 12.4. The van der Waals surface area contributed by atoms with Crippen molar-refractivity contribution in [2.45, 2.75) is 84.5 Å². The van der Waals surface area contributed by atoms with Crippen molar-refractivity contribution in [2.24, 2.45) is 0 Å². The molecule has 1 unspecified atom stereocenters. The standard InChI is InChI=1S/C29H44NO3/c1-5-7-8-9-10-14-20-26-21-15-16-22-27(26)32-29(17-6-2)33-28(31)24-30(3,4)23-25-18-12-11-13-19-25/h11-13,15-16,18-19,21-22,29H,5-10,14,17,20,23-24H2,1-4H3/q+1. The maximum atomic E-state index is 12.8. The highest BCUT2D eigenvalue weighted by Gasteiger charge is 2.25. The molecule has 1 atom stereocenters. The molecule has 0 radical (unpaired) electrons. The number of para-hydroxylation sites is 1. The van der Waals surface area contributed by atoms with E-state index < -0.39 is 6.29 Å². The summed E-state index contributed by atoms with van der Waals surface area (Å²) in [5.74, 6) is 0.623. The number of nitrogens with zero attached hydrogens (tertiary/aromatic N) is 1. The van der Waals surface area contributed by atoms with Crippen molar-refractivity contribution in [1.82, 2.24) is 0 Å². The van der Waals surface area contributed by atoms with Gasteiger partial charge in [-0.15, -0.1) is 0 Å². The van der Waals surface area contributed by atoms with E-state index in [1.54, 1.807) is 0 Å². The second kappa shape index (κ2) is 14.7. The van der Waals surface area contributed by atoms with Gasteiger partial charge in [-0.25, -0.2) is 4.79 Å². The van der Waals surface area contributed by atoms with Gasteiger partial charge < -0.3 is 14.0 Å². The molecule has 33 heavy (non-hydrogen) atoms. The number of likely N-dealkylation sites (N-methyl/N-ethyl adjacent to an activating group) is 1. The van der Waals surface area contributed by atoms with Gasteiger partial charge in [-0.2, -0.15) is 0 Å². The number of hydrogen-bond acceptors (Lipinski definition) is 3. The Morgan fingerprint density at radius 1 is 0.848 bits per heavy atom. The van der Waals surface area contributed by atoms with Crippen LogP contribution in [0.3, 0.4) is 0 Å². The van der Waals surface area contributed by atoms with Gasteiger partial charge in [0.25, 0.3) is 0 Å². The molecule has 2 aromatic rings. The van der Waals surface area contributed by atoms with Crippen molar-refractivity contribution in [3.05, 3.63) is 65.7 Å². The third kappa shape index (κ3) is 10.9. The van der Waals surface area contributed by atoms with Crippen LogP contribution in [0.4, 0.5) is 0 Å². The molecule has 0 aliphatic carbocycles. The van der Waals surface area contributed by atoms with Crippen LogP contribution in [-0.2, 0) is 22.5 Å². The number of aryl methyl sites for hydroxylation is 1. The zero-order valence-electron chi connectivity index (χ0n) is 21.2. The number of benzene rings is 2. The lowest BCUT2D eigenvalue weighted by Crippen LogP contribution is -2.44. The fourth-order valence-electron chi connectivity index (χ4n) is 4.11. The number of unbranched alkanes of at least 4 members (excludes halogenated alkanes) is 5. The van der Waals surface area contributed by atoms with E-state index in [9.17, 15) is 4.79 Å². The van der Waals surface area contributed by atoms with E-state index in [4.69, 9.17) is 9.47 Å². The highest BCUT2D eigenvalue weighted by molar-refractivity contribution is 5.70. The summed E-state index contributed by atoms with van der Waals surface area (Å²) in [5.41, 5.74) is 2.41. The van der Waals surface area contributed by atoms with Crippen LogP contribution < -0.4 is 4.74 Å². The number of hydrogen-bond donors (Lipinski definition) is 0. The predicted molar refractivity (Wildman–Crippen MR) is 136 cm³/mol. The molecule has 0 saturated heterocycles. The summed E-state index contributed by atoms with van der Waals surface area (Å²) in [4.78, 5) is 12.8. The number of quaternary nitrogens is 1. The third-order valence-electron chi connectivity index (χ3n) is 5.83. The molecule has 0 aromatic heterocycles. The first kappa shape index (κ1) is 26.9. The fraction of sp³-hybridized carbons (Fsp3) is 0.552. The molecule has 0 saturated carbocycles. The van der Waals surface area contributed by atoms with Gasteiger partial charge in [-0.1, -0.05) is 94.5 Å². The van der Waals surface area contributed by atoms with Gasteiger partial charge >= 0.3 is 5.97 Å². The molecule has 0 aliphatic heterocycles. The summed E-state index contributed by atoms with van der Waals surface area (Å²) in [6.07, 6.45) is 9.64. The zero-order chi connectivity index (χ0) is 23.9. The Kier molecular flexibility index (Phi) is 12.0. The first-order chi connectivity index (χ1) is 15.9. The first-order valence-corrected chi connectivity index (χ1v) is 12.7. The molecular weight excluding hydrogens is 410 g/mol. The van der Waals surface area contributed by atoms with Crippen LogP contribution in [0.15, 0.2) is 54.6 Å². The topological polar surface area (TPSA) is 35.5 Å². The Hall–Kier alpha value is -2.33. The summed E-state index contributed by atoms with van der Waals surface area (Å²) in [7, 11) is 4.11. The molecule has 0 heterocycles. The molecule has 0 fully saturated rings. The van der Waals surface area contributed by atoms with E-state index >= 15 is 0 Å². The van der Waals surface area contributed by atoms with E-state index in [2.05, 4.69) is 52.2 Å². The van der Waals surface area contributed by atoms with Crippen molar-refractivity contribution in [3.63, 3.8) is 0 Å². The minimum Gasteiger partial charge on any atom is -0.454 e. The second-order valence-corrected chi connectivity index (χ2v) is 9.69. The molecular formula is C29H44NO3+. The molecule has 4 nitrogen and oxygen atoms in total. The molecule has 0 amide bonds. The summed E-state index contributed by atoms with van der Waals surface area (Å²) in [6.45, 7) is 5.41. The fourth-order valence-corrected chi connectivity index (χ4v) is 4.11. The smallest absolute Gasteiger partial charge is 0.364 e. The van der Waals surface area contributed by atoms with E-state index in [-0.39, 0.29) is 5.97 Å². The van der Waals surface area contributed by atoms with Crippen LogP contribution in [0, 0.1) is 0 Å².